The van der Waals surface area contributed by atoms with Gasteiger partial charge in [-0.2, -0.15) is 0 Å². The van der Waals surface area contributed by atoms with Gasteiger partial charge in [0.2, 0.25) is 0 Å². The molecule has 2 N–H and O–H groups in total. The van der Waals surface area contributed by atoms with E-state index in [0.717, 1.165) is 5.56 Å². The summed E-state index contributed by atoms with van der Waals surface area (Å²) in [6.45, 7) is 0.198. The number of carbonyl (C=O) groups excluding carboxylic acids is 1. The molecule has 5 nitrogen and oxygen atoms in total. The summed E-state index contributed by atoms with van der Waals surface area (Å²) in [5.74, 6) is -2.54. The average molecular weight is 432 g/mol. The van der Waals surface area contributed by atoms with Crippen molar-refractivity contribution in [1.82, 2.24) is 10.3 Å². The number of nitrogens with one attached hydrogen (secondary N) is 1. The van der Waals surface area contributed by atoms with Crippen LogP contribution in [0.25, 0.3) is 22.2 Å². The van der Waals surface area contributed by atoms with Gasteiger partial charge in [-0.05, 0) is 54.4 Å². The molecule has 7 heteroatoms. The highest BCUT2D eigenvalue weighted by atomic mass is 19.1. The van der Waals surface area contributed by atoms with E-state index < -0.39 is 23.5 Å². The van der Waals surface area contributed by atoms with E-state index in [0.29, 0.717) is 28.6 Å². The number of carboxylic acid groups (broad SMARTS) is 1. The third-order valence-electron chi connectivity index (χ3n) is 5.04. The largest absolute Gasteiger partial charge is 0.478 e. The molecule has 0 saturated carbocycles. The number of amides is 1. The second-order valence-corrected chi connectivity index (χ2v) is 7.20. The minimum absolute atomic E-state index is 0.0671. The van der Waals surface area contributed by atoms with E-state index >= 15 is 0 Å². The summed E-state index contributed by atoms with van der Waals surface area (Å²) in [5.41, 5.74) is 2.18. The minimum atomic E-state index is -1.19. The van der Waals surface area contributed by atoms with Gasteiger partial charge in [0.25, 0.3) is 5.91 Å². The van der Waals surface area contributed by atoms with Gasteiger partial charge in [-0.3, -0.25) is 4.79 Å². The van der Waals surface area contributed by atoms with E-state index in [4.69, 9.17) is 0 Å². The summed E-state index contributed by atoms with van der Waals surface area (Å²) in [6.07, 6.45) is 0.354. The van der Waals surface area contributed by atoms with Gasteiger partial charge in [0.1, 0.15) is 11.6 Å². The van der Waals surface area contributed by atoms with E-state index in [2.05, 4.69) is 10.3 Å². The van der Waals surface area contributed by atoms with Crippen molar-refractivity contribution in [2.24, 2.45) is 0 Å². The van der Waals surface area contributed by atoms with Crippen LogP contribution in [0.2, 0.25) is 0 Å². The molecule has 0 aliphatic heterocycles. The van der Waals surface area contributed by atoms with Crippen LogP contribution in [0.5, 0.6) is 0 Å². The molecule has 0 fully saturated rings. The first-order valence-corrected chi connectivity index (χ1v) is 9.88. The number of benzene rings is 3. The predicted octanol–water partition coefficient (Wildman–Crippen LogP) is 4.85. The topological polar surface area (TPSA) is 79.3 Å². The fraction of sp³-hybridized carbons (Fsp3) is 0.0800. The number of hydrogen-bond acceptors (Lipinski definition) is 3. The van der Waals surface area contributed by atoms with Gasteiger partial charge < -0.3 is 10.4 Å². The van der Waals surface area contributed by atoms with E-state index in [-0.39, 0.29) is 17.7 Å². The molecule has 1 aromatic heterocycles. The molecule has 3 aromatic carbocycles. The molecule has 0 aliphatic rings. The zero-order valence-electron chi connectivity index (χ0n) is 16.8. The molecule has 32 heavy (non-hydrogen) atoms. The van der Waals surface area contributed by atoms with Crippen molar-refractivity contribution in [3.8, 4) is 11.3 Å². The van der Waals surface area contributed by atoms with Crippen LogP contribution in [-0.2, 0) is 6.42 Å². The summed E-state index contributed by atoms with van der Waals surface area (Å²) in [6, 6.07) is 18.0. The lowest BCUT2D eigenvalue weighted by Gasteiger charge is -2.13. The van der Waals surface area contributed by atoms with Crippen molar-refractivity contribution in [3.63, 3.8) is 0 Å². The van der Waals surface area contributed by atoms with Gasteiger partial charge in [-0.15, -0.1) is 0 Å². The number of carboxylic acids is 1. The summed E-state index contributed by atoms with van der Waals surface area (Å²) in [5, 5.41) is 12.7. The summed E-state index contributed by atoms with van der Waals surface area (Å²) in [7, 11) is 0. The Morgan fingerprint density at radius 2 is 1.62 bits per heavy atom. The first kappa shape index (κ1) is 21.1. The van der Waals surface area contributed by atoms with Crippen LogP contribution >= 0.6 is 0 Å². The Labute approximate surface area is 182 Å². The Balaban J connectivity index is 1.62. The zero-order valence-corrected chi connectivity index (χ0v) is 16.8. The minimum Gasteiger partial charge on any atom is -0.478 e. The third-order valence-corrected chi connectivity index (χ3v) is 5.04. The number of rotatable bonds is 6. The van der Waals surface area contributed by atoms with Gasteiger partial charge in [-0.25, -0.2) is 18.6 Å². The maximum Gasteiger partial charge on any atom is 0.336 e. The Kier molecular flexibility index (Phi) is 5.89. The van der Waals surface area contributed by atoms with Crippen LogP contribution < -0.4 is 5.32 Å². The SMILES string of the molecule is O=C(O)c1ccccc1C(=O)NCCc1cc2ccc(F)cc2nc1-c1cccc(F)c1. The second kappa shape index (κ2) is 8.93. The van der Waals surface area contributed by atoms with Crippen molar-refractivity contribution >= 4 is 22.8 Å². The Morgan fingerprint density at radius 1 is 0.875 bits per heavy atom. The van der Waals surface area contributed by atoms with Crippen molar-refractivity contribution < 1.29 is 23.5 Å². The molecule has 0 atom stereocenters. The summed E-state index contributed by atoms with van der Waals surface area (Å²) < 4.78 is 27.5. The molecule has 1 amide bonds. The molecule has 4 rings (SSSR count). The highest BCUT2D eigenvalue weighted by molar-refractivity contribution is 6.04. The number of carbonyl (C=O) groups is 2. The van der Waals surface area contributed by atoms with E-state index in [1.165, 1.54) is 36.4 Å². The van der Waals surface area contributed by atoms with Gasteiger partial charge >= 0.3 is 5.97 Å². The van der Waals surface area contributed by atoms with E-state index in [1.54, 1.807) is 30.3 Å². The normalized spacial score (nSPS) is 10.8. The van der Waals surface area contributed by atoms with Crippen molar-refractivity contribution in [3.05, 3.63) is 101 Å². The Morgan fingerprint density at radius 3 is 2.38 bits per heavy atom. The number of pyridine rings is 1. The molecule has 0 bridgehead atoms. The summed E-state index contributed by atoms with van der Waals surface area (Å²) in [4.78, 5) is 28.4. The van der Waals surface area contributed by atoms with Crippen LogP contribution in [0.4, 0.5) is 8.78 Å². The van der Waals surface area contributed by atoms with Gasteiger partial charge in [-0.1, -0.05) is 24.3 Å². The average Bonchev–Trinajstić information content (AvgIpc) is 2.78. The zero-order chi connectivity index (χ0) is 22.7. The lowest BCUT2D eigenvalue weighted by molar-refractivity contribution is 0.0691. The monoisotopic (exact) mass is 432 g/mol. The van der Waals surface area contributed by atoms with E-state index in [9.17, 15) is 23.5 Å². The maximum atomic E-state index is 13.8. The molecule has 0 aliphatic carbocycles. The number of fused-ring (bicyclic) bond motifs is 1. The van der Waals surface area contributed by atoms with Gasteiger partial charge in [0.15, 0.2) is 0 Å². The van der Waals surface area contributed by atoms with Crippen LogP contribution in [0.3, 0.4) is 0 Å². The predicted molar refractivity (Wildman–Crippen MR) is 117 cm³/mol. The van der Waals surface area contributed by atoms with Crippen LogP contribution in [-0.4, -0.2) is 28.5 Å². The van der Waals surface area contributed by atoms with Crippen LogP contribution in [0, 0.1) is 11.6 Å². The molecule has 0 radical (unpaired) electrons. The first-order valence-electron chi connectivity index (χ1n) is 9.88. The number of nitrogens with zero attached hydrogens (tertiary/aromatic N) is 1. The lowest BCUT2D eigenvalue weighted by atomic mass is 10.0. The maximum absolute atomic E-state index is 13.8. The fourth-order valence-corrected chi connectivity index (χ4v) is 3.53. The number of halogens is 2. The molecule has 4 aromatic rings. The smallest absolute Gasteiger partial charge is 0.336 e. The highest BCUT2D eigenvalue weighted by Gasteiger charge is 2.16. The first-order chi connectivity index (χ1) is 15.4. The Bertz CT molecular complexity index is 1340. The molecule has 1 heterocycles. The molecule has 160 valence electrons. The van der Waals surface area contributed by atoms with Crippen molar-refractivity contribution in [2.75, 3.05) is 6.54 Å². The number of aromatic nitrogens is 1. The quantitative estimate of drug-likeness (QED) is 0.457. The van der Waals surface area contributed by atoms with Crippen molar-refractivity contribution in [1.29, 1.82) is 0 Å². The highest BCUT2D eigenvalue weighted by Crippen LogP contribution is 2.27. The van der Waals surface area contributed by atoms with Crippen molar-refractivity contribution in [2.45, 2.75) is 6.42 Å². The lowest BCUT2D eigenvalue weighted by Crippen LogP contribution is -2.27. The third kappa shape index (κ3) is 4.46. The molecular weight excluding hydrogens is 414 g/mol. The Hall–Kier alpha value is -4.13. The van der Waals surface area contributed by atoms with Gasteiger partial charge in [0, 0.05) is 23.6 Å². The molecule has 0 spiro atoms. The molecular formula is C25H18F2N2O3. The number of aromatic carboxylic acids is 1. The standard InChI is InChI=1S/C25H18F2N2O3/c26-18-5-3-4-16(13-18)23-17(12-15-8-9-19(27)14-22(15)29-23)10-11-28-24(30)20-6-1-2-7-21(20)25(31)32/h1-9,12-14H,10-11H2,(H,28,30)(H,31,32). The number of hydrogen-bond donors (Lipinski definition) is 2. The molecule has 0 unspecified atom stereocenters. The van der Waals surface area contributed by atoms with Gasteiger partial charge in [0.05, 0.1) is 22.3 Å². The van der Waals surface area contributed by atoms with Crippen LogP contribution in [0.1, 0.15) is 26.3 Å². The fourth-order valence-electron chi connectivity index (χ4n) is 3.53. The molecule has 0 saturated heterocycles. The second-order valence-electron chi connectivity index (χ2n) is 7.20. The van der Waals surface area contributed by atoms with Crippen LogP contribution in [0.15, 0.2) is 72.8 Å². The summed E-state index contributed by atoms with van der Waals surface area (Å²) >= 11 is 0. The van der Waals surface area contributed by atoms with E-state index in [1.807, 2.05) is 6.07 Å².